The van der Waals surface area contributed by atoms with E-state index in [1.165, 1.54) is 23.9 Å². The van der Waals surface area contributed by atoms with Gasteiger partial charge in [0.1, 0.15) is 11.3 Å². The molecule has 2 aromatic carbocycles. The lowest BCUT2D eigenvalue weighted by molar-refractivity contribution is 0.489. The van der Waals surface area contributed by atoms with E-state index in [1.807, 2.05) is 30.3 Å². The van der Waals surface area contributed by atoms with Gasteiger partial charge < -0.3 is 10.2 Å². The third kappa shape index (κ3) is 2.62. The fraction of sp³-hybridized carbons (Fsp3) is 0.0714. The van der Waals surface area contributed by atoms with Gasteiger partial charge in [-0.2, -0.15) is 0 Å². The molecule has 3 nitrogen and oxygen atoms in total. The Labute approximate surface area is 113 Å². The Bertz CT molecular complexity index is 693. The van der Waals surface area contributed by atoms with Gasteiger partial charge in [-0.3, -0.25) is 0 Å². The lowest BCUT2D eigenvalue weighted by atomic mass is 10.2. The molecule has 0 saturated carbocycles. The maximum atomic E-state index is 13.4. The molecule has 96 valence electrons. The summed E-state index contributed by atoms with van der Waals surface area (Å²) < 4.78 is 19.0. The van der Waals surface area contributed by atoms with Crippen LogP contribution in [0.4, 0.5) is 4.39 Å². The fourth-order valence-electron chi connectivity index (χ4n) is 1.79. The molecule has 0 aliphatic heterocycles. The first kappa shape index (κ1) is 12.2. The summed E-state index contributed by atoms with van der Waals surface area (Å²) >= 11 is 1.28. The second-order valence-electron chi connectivity index (χ2n) is 4.05. The van der Waals surface area contributed by atoms with Crippen molar-refractivity contribution in [3.05, 3.63) is 53.8 Å². The molecular formula is C14H11FN2OS. The summed E-state index contributed by atoms with van der Waals surface area (Å²) in [6.07, 6.45) is 0. The van der Waals surface area contributed by atoms with Gasteiger partial charge in [-0.25, -0.2) is 9.37 Å². The third-order valence-electron chi connectivity index (χ3n) is 2.65. The maximum absolute atomic E-state index is 13.4. The number of halogens is 1. The van der Waals surface area contributed by atoms with Gasteiger partial charge in [-0.15, -0.1) is 0 Å². The minimum Gasteiger partial charge on any atom is -0.431 e. The molecule has 5 heteroatoms. The van der Waals surface area contributed by atoms with E-state index in [0.717, 1.165) is 21.6 Å². The number of para-hydroxylation sites is 2. The molecule has 3 aromatic rings. The number of oxazole rings is 1. The molecule has 0 aliphatic rings. The molecule has 1 heterocycles. The van der Waals surface area contributed by atoms with Crippen molar-refractivity contribution in [1.29, 1.82) is 0 Å². The molecule has 0 unspecified atom stereocenters. The summed E-state index contributed by atoms with van der Waals surface area (Å²) in [5, 5.41) is 0.495. The Balaban J connectivity index is 1.94. The van der Waals surface area contributed by atoms with Crippen LogP contribution in [-0.2, 0) is 6.54 Å². The Morgan fingerprint density at radius 3 is 2.84 bits per heavy atom. The molecule has 2 N–H and O–H groups in total. The number of benzene rings is 2. The Kier molecular flexibility index (Phi) is 3.23. The van der Waals surface area contributed by atoms with E-state index in [0.29, 0.717) is 11.8 Å². The molecular weight excluding hydrogens is 263 g/mol. The van der Waals surface area contributed by atoms with E-state index in [9.17, 15) is 4.39 Å². The lowest BCUT2D eigenvalue weighted by Crippen LogP contribution is -1.96. The average molecular weight is 274 g/mol. The SMILES string of the molecule is NCc1cc(F)cc(Sc2nc3ccccc3o2)c1. The number of aromatic nitrogens is 1. The van der Waals surface area contributed by atoms with Crippen LogP contribution in [0.25, 0.3) is 11.1 Å². The highest BCUT2D eigenvalue weighted by Crippen LogP contribution is 2.30. The Morgan fingerprint density at radius 1 is 1.21 bits per heavy atom. The first-order valence-corrected chi connectivity index (χ1v) is 6.59. The van der Waals surface area contributed by atoms with Crippen molar-refractivity contribution in [3.8, 4) is 0 Å². The molecule has 0 atom stereocenters. The van der Waals surface area contributed by atoms with Crippen molar-refractivity contribution in [2.24, 2.45) is 5.73 Å². The minimum absolute atomic E-state index is 0.304. The summed E-state index contributed by atoms with van der Waals surface area (Å²) in [5.74, 6) is -0.304. The fourth-order valence-corrected chi connectivity index (χ4v) is 2.65. The molecule has 1 aromatic heterocycles. The van der Waals surface area contributed by atoms with Crippen LogP contribution in [0, 0.1) is 5.82 Å². The quantitative estimate of drug-likeness (QED) is 0.793. The van der Waals surface area contributed by atoms with Crippen LogP contribution in [-0.4, -0.2) is 4.98 Å². The number of fused-ring (bicyclic) bond motifs is 1. The van der Waals surface area contributed by atoms with Crippen LogP contribution in [0.2, 0.25) is 0 Å². The molecule has 0 spiro atoms. The van der Waals surface area contributed by atoms with Crippen molar-refractivity contribution >= 4 is 22.9 Å². The molecule has 0 saturated heterocycles. The number of hydrogen-bond donors (Lipinski definition) is 1. The van der Waals surface area contributed by atoms with Gasteiger partial charge in [0.15, 0.2) is 5.58 Å². The van der Waals surface area contributed by atoms with E-state index in [4.69, 9.17) is 10.2 Å². The van der Waals surface area contributed by atoms with E-state index in [-0.39, 0.29) is 5.82 Å². The van der Waals surface area contributed by atoms with Crippen molar-refractivity contribution in [2.75, 3.05) is 0 Å². The molecule has 0 radical (unpaired) electrons. The van der Waals surface area contributed by atoms with Crippen molar-refractivity contribution < 1.29 is 8.81 Å². The van der Waals surface area contributed by atoms with Gasteiger partial charge in [0.05, 0.1) is 0 Å². The first-order valence-electron chi connectivity index (χ1n) is 5.77. The van der Waals surface area contributed by atoms with Crippen molar-refractivity contribution in [1.82, 2.24) is 4.98 Å². The van der Waals surface area contributed by atoms with Gasteiger partial charge >= 0.3 is 0 Å². The van der Waals surface area contributed by atoms with Crippen LogP contribution in [0.3, 0.4) is 0 Å². The van der Waals surface area contributed by atoms with Crippen LogP contribution in [0.1, 0.15) is 5.56 Å². The molecule has 19 heavy (non-hydrogen) atoms. The molecule has 0 aliphatic carbocycles. The predicted octanol–water partition coefficient (Wildman–Crippen LogP) is 3.58. The number of hydrogen-bond acceptors (Lipinski definition) is 4. The van der Waals surface area contributed by atoms with Gasteiger partial charge in [0.25, 0.3) is 5.22 Å². The zero-order valence-electron chi connectivity index (χ0n) is 9.97. The summed E-state index contributed by atoms with van der Waals surface area (Å²) in [6.45, 7) is 0.304. The highest BCUT2D eigenvalue weighted by molar-refractivity contribution is 7.99. The predicted molar refractivity (Wildman–Crippen MR) is 72.4 cm³/mol. The van der Waals surface area contributed by atoms with Gasteiger partial charge in [-0.1, -0.05) is 12.1 Å². The highest BCUT2D eigenvalue weighted by Gasteiger charge is 2.08. The summed E-state index contributed by atoms with van der Waals surface area (Å²) in [5.41, 5.74) is 7.79. The normalized spacial score (nSPS) is 11.1. The number of nitrogens with zero attached hydrogens (tertiary/aromatic N) is 1. The Hall–Kier alpha value is -1.85. The number of nitrogens with two attached hydrogens (primary N) is 1. The van der Waals surface area contributed by atoms with Gasteiger partial charge in [0.2, 0.25) is 0 Å². The molecule has 0 bridgehead atoms. The summed E-state index contributed by atoms with van der Waals surface area (Å²) in [6, 6.07) is 12.2. The van der Waals surface area contributed by atoms with Crippen molar-refractivity contribution in [2.45, 2.75) is 16.7 Å². The second kappa shape index (κ2) is 5.03. The molecule has 3 rings (SSSR count). The first-order chi connectivity index (χ1) is 9.24. The third-order valence-corrected chi connectivity index (χ3v) is 3.47. The summed E-state index contributed by atoms with van der Waals surface area (Å²) in [4.78, 5) is 5.06. The Morgan fingerprint density at radius 2 is 2.05 bits per heavy atom. The molecule has 0 amide bonds. The van der Waals surface area contributed by atoms with E-state index >= 15 is 0 Å². The second-order valence-corrected chi connectivity index (χ2v) is 5.07. The largest absolute Gasteiger partial charge is 0.431 e. The van der Waals surface area contributed by atoms with Gasteiger partial charge in [0, 0.05) is 11.4 Å². The van der Waals surface area contributed by atoms with Crippen LogP contribution in [0.15, 0.2) is 57.0 Å². The van der Waals surface area contributed by atoms with Crippen molar-refractivity contribution in [3.63, 3.8) is 0 Å². The minimum atomic E-state index is -0.304. The standard InChI is InChI=1S/C14H11FN2OS/c15-10-5-9(8-16)6-11(7-10)19-14-17-12-3-1-2-4-13(12)18-14/h1-7H,8,16H2. The van der Waals surface area contributed by atoms with Crippen LogP contribution < -0.4 is 5.73 Å². The molecule has 0 fully saturated rings. The van der Waals surface area contributed by atoms with E-state index in [1.54, 1.807) is 0 Å². The van der Waals surface area contributed by atoms with Crippen LogP contribution >= 0.6 is 11.8 Å². The zero-order chi connectivity index (χ0) is 13.2. The van der Waals surface area contributed by atoms with E-state index < -0.39 is 0 Å². The average Bonchev–Trinajstić information content (AvgIpc) is 2.80. The summed E-state index contributed by atoms with van der Waals surface area (Å²) in [7, 11) is 0. The number of rotatable bonds is 3. The smallest absolute Gasteiger partial charge is 0.261 e. The van der Waals surface area contributed by atoms with E-state index in [2.05, 4.69) is 4.98 Å². The highest BCUT2D eigenvalue weighted by atomic mass is 32.2. The zero-order valence-corrected chi connectivity index (χ0v) is 10.8. The van der Waals surface area contributed by atoms with Gasteiger partial charge in [-0.05, 0) is 47.7 Å². The topological polar surface area (TPSA) is 52.0 Å². The van der Waals surface area contributed by atoms with Crippen LogP contribution in [0.5, 0.6) is 0 Å². The lowest BCUT2D eigenvalue weighted by Gasteiger charge is -2.01. The monoisotopic (exact) mass is 274 g/mol. The maximum Gasteiger partial charge on any atom is 0.261 e.